The number of carbonyl (C=O) groups is 1. The van der Waals surface area contributed by atoms with Crippen molar-refractivity contribution in [1.82, 2.24) is 9.97 Å². The summed E-state index contributed by atoms with van der Waals surface area (Å²) in [6.07, 6.45) is -0.416. The highest BCUT2D eigenvalue weighted by Crippen LogP contribution is 2.39. The lowest BCUT2D eigenvalue weighted by molar-refractivity contribution is 0.0695. The number of hydrogen-bond donors (Lipinski definition) is 2. The molecule has 2 aromatic carbocycles. The second kappa shape index (κ2) is 5.98. The van der Waals surface area contributed by atoms with Crippen LogP contribution < -0.4 is 9.47 Å². The summed E-state index contributed by atoms with van der Waals surface area (Å²) in [6.45, 7) is 1.96. The number of H-pyrrole nitrogens is 1. The molecule has 0 radical (unpaired) electrons. The van der Waals surface area contributed by atoms with E-state index in [0.29, 0.717) is 23.3 Å². The van der Waals surface area contributed by atoms with Crippen LogP contribution in [0.25, 0.3) is 11.0 Å². The molecule has 134 valence electrons. The third-order valence-corrected chi connectivity index (χ3v) is 4.20. The summed E-state index contributed by atoms with van der Waals surface area (Å²) in [6, 6.07) is 4.68. The Bertz CT molecular complexity index is 1030. The zero-order chi connectivity index (χ0) is 18.4. The van der Waals surface area contributed by atoms with Crippen molar-refractivity contribution in [1.29, 1.82) is 0 Å². The minimum Gasteiger partial charge on any atom is -0.493 e. The van der Waals surface area contributed by atoms with E-state index in [1.54, 1.807) is 6.92 Å². The number of imidazole rings is 1. The quantitative estimate of drug-likeness (QED) is 0.743. The zero-order valence-corrected chi connectivity index (χ0v) is 13.7. The molecular weight excluding hydrogens is 346 g/mol. The molecule has 1 aliphatic rings. The van der Waals surface area contributed by atoms with E-state index in [1.807, 2.05) is 0 Å². The van der Waals surface area contributed by atoms with Crippen LogP contribution >= 0.6 is 0 Å². The van der Waals surface area contributed by atoms with Gasteiger partial charge in [0, 0.05) is 18.6 Å². The van der Waals surface area contributed by atoms with Crippen LogP contribution in [0.4, 0.5) is 8.78 Å². The van der Waals surface area contributed by atoms with E-state index in [-0.39, 0.29) is 29.2 Å². The summed E-state index contributed by atoms with van der Waals surface area (Å²) >= 11 is 0. The Hall–Kier alpha value is -3.16. The van der Waals surface area contributed by atoms with E-state index >= 15 is 0 Å². The van der Waals surface area contributed by atoms with Gasteiger partial charge in [-0.3, -0.25) is 0 Å². The van der Waals surface area contributed by atoms with E-state index in [1.165, 1.54) is 12.1 Å². The number of aromatic carboxylic acids is 1. The minimum atomic E-state index is -1.12. The molecule has 1 unspecified atom stereocenters. The molecule has 4 rings (SSSR count). The average molecular weight is 360 g/mol. The molecule has 1 aromatic heterocycles. The van der Waals surface area contributed by atoms with Crippen LogP contribution in [0.1, 0.15) is 34.3 Å². The monoisotopic (exact) mass is 360 g/mol. The van der Waals surface area contributed by atoms with Gasteiger partial charge in [-0.2, -0.15) is 0 Å². The van der Waals surface area contributed by atoms with Gasteiger partial charge in [-0.1, -0.05) is 0 Å². The Balaban J connectivity index is 1.81. The fraction of sp³-hybridized carbons (Fsp3) is 0.222. The number of nitrogens with zero attached hydrogens (tertiary/aromatic N) is 1. The first-order chi connectivity index (χ1) is 12.4. The summed E-state index contributed by atoms with van der Waals surface area (Å²) in [5.41, 5.74) is 1.08. The van der Waals surface area contributed by atoms with Crippen LogP contribution in [-0.4, -0.2) is 27.7 Å². The van der Waals surface area contributed by atoms with Crippen molar-refractivity contribution in [3.63, 3.8) is 0 Å². The number of nitrogens with one attached hydrogen (secondary N) is 1. The van der Waals surface area contributed by atoms with E-state index in [4.69, 9.17) is 9.47 Å². The standard InChI is InChI=1S/C18H14F2N2O4/c1-8-21-12-4-9(18(23)24)5-15(17(12)22-8)26-13-2-3-25-14-7-10(19)6-11(20)16(13)14/h4-7,13H,2-3H2,1H3,(H,21,22)(H,23,24). The molecule has 1 atom stereocenters. The number of rotatable bonds is 3. The number of ether oxygens (including phenoxy) is 2. The van der Waals surface area contributed by atoms with Gasteiger partial charge in [0.05, 0.1) is 23.3 Å². The molecule has 6 nitrogen and oxygen atoms in total. The van der Waals surface area contributed by atoms with E-state index in [2.05, 4.69) is 9.97 Å². The highest BCUT2D eigenvalue weighted by atomic mass is 19.1. The second-order valence-corrected chi connectivity index (χ2v) is 6.04. The van der Waals surface area contributed by atoms with Crippen LogP contribution in [0.2, 0.25) is 0 Å². The van der Waals surface area contributed by atoms with Gasteiger partial charge in [0.15, 0.2) is 0 Å². The highest BCUT2D eigenvalue weighted by Gasteiger charge is 2.29. The van der Waals surface area contributed by atoms with Gasteiger partial charge >= 0.3 is 5.97 Å². The largest absolute Gasteiger partial charge is 0.493 e. The number of halogens is 2. The number of benzene rings is 2. The Morgan fingerprint density at radius 1 is 1.35 bits per heavy atom. The zero-order valence-electron chi connectivity index (χ0n) is 13.7. The predicted molar refractivity (Wildman–Crippen MR) is 87.6 cm³/mol. The minimum absolute atomic E-state index is 0.0167. The number of carboxylic acid groups (broad SMARTS) is 1. The molecule has 2 N–H and O–H groups in total. The first-order valence-corrected chi connectivity index (χ1v) is 7.94. The smallest absolute Gasteiger partial charge is 0.335 e. The molecule has 2 heterocycles. The molecule has 0 aliphatic carbocycles. The summed E-state index contributed by atoms with van der Waals surface area (Å²) in [5, 5.41) is 9.30. The van der Waals surface area contributed by atoms with Gasteiger partial charge in [0.25, 0.3) is 0 Å². The highest BCUT2D eigenvalue weighted by molar-refractivity contribution is 5.95. The van der Waals surface area contributed by atoms with Gasteiger partial charge < -0.3 is 19.6 Å². The lowest BCUT2D eigenvalue weighted by Gasteiger charge is -2.27. The first kappa shape index (κ1) is 16.3. The average Bonchev–Trinajstić information content (AvgIpc) is 2.94. The number of aromatic nitrogens is 2. The molecule has 0 saturated carbocycles. The predicted octanol–water partition coefficient (Wildman–Crippen LogP) is 3.75. The van der Waals surface area contributed by atoms with E-state index in [0.717, 1.165) is 12.1 Å². The Labute approximate surface area is 146 Å². The molecular formula is C18H14F2N2O4. The molecule has 3 aromatic rings. The molecule has 8 heteroatoms. The van der Waals surface area contributed by atoms with Crippen LogP contribution in [0.3, 0.4) is 0 Å². The molecule has 0 amide bonds. The van der Waals surface area contributed by atoms with Gasteiger partial charge in [-0.25, -0.2) is 18.6 Å². The van der Waals surface area contributed by atoms with Crippen LogP contribution in [0.5, 0.6) is 11.5 Å². The molecule has 26 heavy (non-hydrogen) atoms. The number of aromatic amines is 1. The fourth-order valence-corrected chi connectivity index (χ4v) is 3.11. The van der Waals surface area contributed by atoms with Crippen LogP contribution in [-0.2, 0) is 0 Å². The molecule has 0 bridgehead atoms. The first-order valence-electron chi connectivity index (χ1n) is 7.94. The van der Waals surface area contributed by atoms with Gasteiger partial charge in [-0.15, -0.1) is 0 Å². The Morgan fingerprint density at radius 3 is 2.92 bits per heavy atom. The summed E-state index contributed by atoms with van der Waals surface area (Å²) in [5.74, 6) is -1.74. The lowest BCUT2D eigenvalue weighted by Crippen LogP contribution is -2.20. The molecule has 0 spiro atoms. The maximum Gasteiger partial charge on any atom is 0.335 e. The fourth-order valence-electron chi connectivity index (χ4n) is 3.11. The van der Waals surface area contributed by atoms with Gasteiger partial charge in [0.2, 0.25) is 0 Å². The Kier molecular flexibility index (Phi) is 3.75. The molecule has 1 aliphatic heterocycles. The third kappa shape index (κ3) is 2.73. The third-order valence-electron chi connectivity index (χ3n) is 4.20. The van der Waals surface area contributed by atoms with E-state index < -0.39 is 23.7 Å². The number of hydrogen-bond acceptors (Lipinski definition) is 4. The second-order valence-electron chi connectivity index (χ2n) is 6.04. The van der Waals surface area contributed by atoms with Crippen LogP contribution in [0, 0.1) is 18.6 Å². The van der Waals surface area contributed by atoms with Crippen molar-refractivity contribution in [2.45, 2.75) is 19.4 Å². The number of fused-ring (bicyclic) bond motifs is 2. The maximum absolute atomic E-state index is 14.3. The van der Waals surface area contributed by atoms with Crippen molar-refractivity contribution < 1.29 is 28.2 Å². The normalized spacial score (nSPS) is 16.2. The lowest BCUT2D eigenvalue weighted by atomic mass is 10.0. The molecule has 0 saturated heterocycles. The van der Waals surface area contributed by atoms with Crippen molar-refractivity contribution in [3.05, 3.63) is 52.9 Å². The van der Waals surface area contributed by atoms with Gasteiger partial charge in [0.1, 0.15) is 40.6 Å². The Morgan fingerprint density at radius 2 is 2.15 bits per heavy atom. The number of aryl methyl sites for hydroxylation is 1. The van der Waals surface area contributed by atoms with Crippen molar-refractivity contribution in [2.75, 3.05) is 6.61 Å². The van der Waals surface area contributed by atoms with Crippen molar-refractivity contribution in [3.8, 4) is 11.5 Å². The van der Waals surface area contributed by atoms with E-state index in [9.17, 15) is 18.7 Å². The van der Waals surface area contributed by atoms with Crippen molar-refractivity contribution in [2.24, 2.45) is 0 Å². The summed E-state index contributed by atoms with van der Waals surface area (Å²) in [7, 11) is 0. The maximum atomic E-state index is 14.3. The van der Waals surface area contributed by atoms with Crippen molar-refractivity contribution >= 4 is 17.0 Å². The van der Waals surface area contributed by atoms with Gasteiger partial charge in [-0.05, 0) is 19.1 Å². The number of carboxylic acids is 1. The summed E-state index contributed by atoms with van der Waals surface area (Å²) in [4.78, 5) is 18.7. The van der Waals surface area contributed by atoms with Crippen LogP contribution in [0.15, 0.2) is 24.3 Å². The topological polar surface area (TPSA) is 84.4 Å². The molecule has 0 fully saturated rings. The SMILES string of the molecule is Cc1nc2c(OC3CCOc4cc(F)cc(F)c43)cc(C(=O)O)cc2[nH]1. The summed E-state index contributed by atoms with van der Waals surface area (Å²) < 4.78 is 39.0.